The molecule has 0 aromatic heterocycles. The van der Waals surface area contributed by atoms with Crippen molar-refractivity contribution in [3.63, 3.8) is 0 Å². The van der Waals surface area contributed by atoms with Crippen LogP contribution in [0.3, 0.4) is 0 Å². The summed E-state index contributed by atoms with van der Waals surface area (Å²) in [6.45, 7) is 3.55. The fourth-order valence-electron chi connectivity index (χ4n) is 1.47. The number of nitro benzene ring substituents is 1. The van der Waals surface area contributed by atoms with E-state index in [4.69, 9.17) is 5.11 Å². The first kappa shape index (κ1) is 10.7. The van der Waals surface area contributed by atoms with Crippen LogP contribution in [0, 0.1) is 17.0 Å². The van der Waals surface area contributed by atoms with E-state index in [0.717, 1.165) is 5.56 Å². The van der Waals surface area contributed by atoms with Gasteiger partial charge in [-0.1, -0.05) is 19.1 Å². The highest BCUT2D eigenvalue weighted by molar-refractivity contribution is 5.45. The Labute approximate surface area is 82.3 Å². The van der Waals surface area contributed by atoms with Crippen molar-refractivity contribution in [2.75, 3.05) is 6.61 Å². The molecule has 4 nitrogen and oxygen atoms in total. The second-order valence-electron chi connectivity index (χ2n) is 3.33. The average Bonchev–Trinajstić information content (AvgIpc) is 2.16. The number of rotatable bonds is 3. The highest BCUT2D eigenvalue weighted by Crippen LogP contribution is 2.26. The standard InChI is InChI=1S/C10H13NO3/c1-7(6-12)9-4-3-5-10(8(9)2)11(13)14/h3-5,7,12H,6H2,1-2H3/t7-/m0/s1. The van der Waals surface area contributed by atoms with Crippen molar-refractivity contribution in [3.8, 4) is 0 Å². The van der Waals surface area contributed by atoms with Gasteiger partial charge in [0.25, 0.3) is 5.69 Å². The molecular formula is C10H13NO3. The lowest BCUT2D eigenvalue weighted by Gasteiger charge is -2.11. The van der Waals surface area contributed by atoms with Crippen LogP contribution in [0.25, 0.3) is 0 Å². The number of hydrogen-bond acceptors (Lipinski definition) is 3. The van der Waals surface area contributed by atoms with Crippen molar-refractivity contribution in [3.05, 3.63) is 39.4 Å². The summed E-state index contributed by atoms with van der Waals surface area (Å²) in [6.07, 6.45) is 0. The first-order chi connectivity index (χ1) is 6.57. The van der Waals surface area contributed by atoms with E-state index in [2.05, 4.69) is 0 Å². The van der Waals surface area contributed by atoms with E-state index < -0.39 is 4.92 Å². The Kier molecular flexibility index (Phi) is 3.19. The molecule has 1 aromatic rings. The van der Waals surface area contributed by atoms with Crippen molar-refractivity contribution >= 4 is 5.69 Å². The molecule has 4 heteroatoms. The third-order valence-corrected chi connectivity index (χ3v) is 2.35. The van der Waals surface area contributed by atoms with Gasteiger partial charge >= 0.3 is 0 Å². The highest BCUT2D eigenvalue weighted by atomic mass is 16.6. The van der Waals surface area contributed by atoms with Crippen molar-refractivity contribution in [1.82, 2.24) is 0 Å². The molecule has 0 bridgehead atoms. The van der Waals surface area contributed by atoms with Gasteiger partial charge in [-0.05, 0) is 12.5 Å². The molecule has 0 saturated heterocycles. The van der Waals surface area contributed by atoms with Gasteiger partial charge in [-0.2, -0.15) is 0 Å². The monoisotopic (exact) mass is 195 g/mol. The van der Waals surface area contributed by atoms with E-state index in [0.29, 0.717) is 5.56 Å². The van der Waals surface area contributed by atoms with Gasteiger partial charge in [0.1, 0.15) is 0 Å². The first-order valence-electron chi connectivity index (χ1n) is 4.42. The van der Waals surface area contributed by atoms with Gasteiger partial charge in [0, 0.05) is 24.2 Å². The summed E-state index contributed by atoms with van der Waals surface area (Å²) in [7, 11) is 0. The second kappa shape index (κ2) is 4.19. The number of hydrogen-bond donors (Lipinski definition) is 1. The van der Waals surface area contributed by atoms with Crippen LogP contribution in [0.1, 0.15) is 24.0 Å². The lowest BCUT2D eigenvalue weighted by Crippen LogP contribution is -2.03. The van der Waals surface area contributed by atoms with Crippen LogP contribution in [-0.2, 0) is 0 Å². The number of nitro groups is 1. The Morgan fingerprint density at radius 2 is 2.21 bits per heavy atom. The van der Waals surface area contributed by atoms with E-state index >= 15 is 0 Å². The third kappa shape index (κ3) is 1.90. The molecule has 0 heterocycles. The molecule has 0 amide bonds. The van der Waals surface area contributed by atoms with Gasteiger partial charge in [-0.25, -0.2) is 0 Å². The maximum absolute atomic E-state index is 10.6. The first-order valence-corrected chi connectivity index (χ1v) is 4.42. The van der Waals surface area contributed by atoms with Crippen LogP contribution < -0.4 is 0 Å². The lowest BCUT2D eigenvalue weighted by atomic mass is 9.96. The van der Waals surface area contributed by atoms with Crippen LogP contribution >= 0.6 is 0 Å². The van der Waals surface area contributed by atoms with Gasteiger partial charge in [-0.15, -0.1) is 0 Å². The number of nitrogens with zero attached hydrogens (tertiary/aromatic N) is 1. The topological polar surface area (TPSA) is 63.4 Å². The number of benzene rings is 1. The summed E-state index contributed by atoms with van der Waals surface area (Å²) in [6, 6.07) is 4.93. The van der Waals surface area contributed by atoms with Crippen molar-refractivity contribution in [2.45, 2.75) is 19.8 Å². The number of aliphatic hydroxyl groups is 1. The highest BCUT2D eigenvalue weighted by Gasteiger charge is 2.16. The normalized spacial score (nSPS) is 12.5. The van der Waals surface area contributed by atoms with Crippen molar-refractivity contribution in [2.24, 2.45) is 0 Å². The molecule has 1 rings (SSSR count). The van der Waals surface area contributed by atoms with Crippen LogP contribution in [-0.4, -0.2) is 16.6 Å². The van der Waals surface area contributed by atoms with Gasteiger partial charge in [0.05, 0.1) is 4.92 Å². The fraction of sp³-hybridized carbons (Fsp3) is 0.400. The minimum atomic E-state index is -0.400. The summed E-state index contributed by atoms with van der Waals surface area (Å²) >= 11 is 0. The maximum atomic E-state index is 10.6. The maximum Gasteiger partial charge on any atom is 0.272 e. The summed E-state index contributed by atoms with van der Waals surface area (Å²) in [5.74, 6) is -0.0603. The summed E-state index contributed by atoms with van der Waals surface area (Å²) in [5, 5.41) is 19.6. The minimum Gasteiger partial charge on any atom is -0.396 e. The zero-order valence-electron chi connectivity index (χ0n) is 8.23. The molecule has 1 N–H and O–H groups in total. The molecule has 0 spiro atoms. The van der Waals surface area contributed by atoms with Crippen LogP contribution in [0.4, 0.5) is 5.69 Å². The van der Waals surface area contributed by atoms with Crippen LogP contribution in [0.5, 0.6) is 0 Å². The zero-order valence-corrected chi connectivity index (χ0v) is 8.23. The van der Waals surface area contributed by atoms with Gasteiger partial charge < -0.3 is 5.11 Å². The summed E-state index contributed by atoms with van der Waals surface area (Å²) < 4.78 is 0. The average molecular weight is 195 g/mol. The molecule has 0 aliphatic rings. The second-order valence-corrected chi connectivity index (χ2v) is 3.33. The molecule has 0 radical (unpaired) electrons. The zero-order chi connectivity index (χ0) is 10.7. The van der Waals surface area contributed by atoms with Crippen LogP contribution in [0.2, 0.25) is 0 Å². The Hall–Kier alpha value is -1.42. The fourth-order valence-corrected chi connectivity index (χ4v) is 1.47. The van der Waals surface area contributed by atoms with Crippen LogP contribution in [0.15, 0.2) is 18.2 Å². The molecule has 0 aliphatic heterocycles. The van der Waals surface area contributed by atoms with E-state index in [1.807, 2.05) is 13.0 Å². The predicted octanol–water partition coefficient (Wildman–Crippen LogP) is 2.00. The van der Waals surface area contributed by atoms with Gasteiger partial charge in [0.15, 0.2) is 0 Å². The predicted molar refractivity (Wildman–Crippen MR) is 53.3 cm³/mol. The molecule has 1 aromatic carbocycles. The molecule has 0 saturated carbocycles. The molecule has 0 unspecified atom stereocenters. The molecule has 0 aliphatic carbocycles. The van der Waals surface area contributed by atoms with E-state index in [1.54, 1.807) is 13.0 Å². The van der Waals surface area contributed by atoms with E-state index in [1.165, 1.54) is 6.07 Å². The molecular weight excluding hydrogens is 182 g/mol. The minimum absolute atomic E-state index is 0.00199. The van der Waals surface area contributed by atoms with Gasteiger partial charge in [0.2, 0.25) is 0 Å². The number of aliphatic hydroxyl groups excluding tert-OH is 1. The Morgan fingerprint density at radius 3 is 2.71 bits per heavy atom. The third-order valence-electron chi connectivity index (χ3n) is 2.35. The molecule has 0 fully saturated rings. The molecule has 14 heavy (non-hydrogen) atoms. The molecule has 1 atom stereocenters. The Morgan fingerprint density at radius 1 is 1.57 bits per heavy atom. The Balaban J connectivity index is 3.20. The SMILES string of the molecule is Cc1c([C@@H](C)CO)cccc1[N+](=O)[O-]. The molecule has 76 valence electrons. The van der Waals surface area contributed by atoms with E-state index in [-0.39, 0.29) is 18.2 Å². The van der Waals surface area contributed by atoms with Crippen molar-refractivity contribution in [1.29, 1.82) is 0 Å². The van der Waals surface area contributed by atoms with Gasteiger partial charge in [-0.3, -0.25) is 10.1 Å². The van der Waals surface area contributed by atoms with Crippen molar-refractivity contribution < 1.29 is 10.0 Å². The summed E-state index contributed by atoms with van der Waals surface area (Å²) in [5.41, 5.74) is 1.59. The smallest absolute Gasteiger partial charge is 0.272 e. The largest absolute Gasteiger partial charge is 0.396 e. The van der Waals surface area contributed by atoms with E-state index in [9.17, 15) is 10.1 Å². The quantitative estimate of drug-likeness (QED) is 0.592. The summed E-state index contributed by atoms with van der Waals surface area (Å²) in [4.78, 5) is 10.2. The Bertz CT molecular complexity index is 349. The lowest BCUT2D eigenvalue weighted by molar-refractivity contribution is -0.385.